The summed E-state index contributed by atoms with van der Waals surface area (Å²) in [5.74, 6) is -1.11. The highest BCUT2D eigenvalue weighted by Crippen LogP contribution is 2.46. The quantitative estimate of drug-likeness (QED) is 0.144. The molecule has 1 aliphatic rings. The summed E-state index contributed by atoms with van der Waals surface area (Å²) in [6.45, 7) is 3.26. The maximum atomic E-state index is 14.1. The number of aromatic nitrogens is 1. The van der Waals surface area contributed by atoms with Gasteiger partial charge in [0.25, 0.3) is 0 Å². The number of pyridine rings is 1. The number of aliphatic carboxylic acids is 1. The van der Waals surface area contributed by atoms with Gasteiger partial charge in [-0.2, -0.15) is 39.5 Å². The van der Waals surface area contributed by atoms with E-state index in [0.717, 1.165) is 17.0 Å². The Hall–Kier alpha value is -4.74. The summed E-state index contributed by atoms with van der Waals surface area (Å²) >= 11 is 0. The molecule has 0 radical (unpaired) electrons. The number of carbonyl (C=O) groups is 2. The second-order valence-electron chi connectivity index (χ2n) is 12.9. The second-order valence-corrected chi connectivity index (χ2v) is 12.9. The molecule has 0 unspecified atom stereocenters. The molecule has 0 aliphatic carbocycles. The maximum Gasteiger partial charge on any atom is 0.416 e. The number of nitrogens with zero attached hydrogens (tertiary/aromatic N) is 3. The first-order valence-electron chi connectivity index (χ1n) is 16.1. The fourth-order valence-electron chi connectivity index (χ4n) is 5.70. The zero-order chi connectivity index (χ0) is 39.5. The average molecular weight is 766 g/mol. The monoisotopic (exact) mass is 765 g/mol. The van der Waals surface area contributed by atoms with Crippen LogP contribution in [0.3, 0.4) is 0 Å². The van der Waals surface area contributed by atoms with E-state index < -0.39 is 83.5 Å². The number of benzene rings is 2. The molecule has 0 fully saturated rings. The van der Waals surface area contributed by atoms with Gasteiger partial charge < -0.3 is 24.2 Å². The highest BCUT2D eigenvalue weighted by atomic mass is 19.4. The Balaban J connectivity index is 1.92. The SMILES string of the molecule is CC[C@@H]1C[C@H](N(Cc2cc(C(F)(F)F)cc(C(F)(F)F)c2)c2ccc(OCCOC)cn2)c2cc(C(F)(F)F)ccc2N1C(=O)OCC(C)(C)C(=O)O. The molecule has 18 heteroatoms. The summed E-state index contributed by atoms with van der Waals surface area (Å²) in [5.41, 5.74) is -6.59. The topological polar surface area (TPSA) is 101 Å². The van der Waals surface area contributed by atoms with E-state index in [1.807, 2.05) is 0 Å². The van der Waals surface area contributed by atoms with E-state index in [4.69, 9.17) is 14.2 Å². The van der Waals surface area contributed by atoms with Gasteiger partial charge in [0.1, 0.15) is 24.8 Å². The summed E-state index contributed by atoms with van der Waals surface area (Å²) in [7, 11) is 1.44. The third-order valence-corrected chi connectivity index (χ3v) is 8.59. The van der Waals surface area contributed by atoms with Crippen LogP contribution in [-0.2, 0) is 39.3 Å². The third kappa shape index (κ3) is 9.83. The first-order chi connectivity index (χ1) is 24.6. The zero-order valence-corrected chi connectivity index (χ0v) is 28.8. The van der Waals surface area contributed by atoms with Gasteiger partial charge in [-0.1, -0.05) is 6.92 Å². The number of carboxylic acid groups (broad SMARTS) is 1. The van der Waals surface area contributed by atoms with E-state index in [1.54, 1.807) is 6.92 Å². The van der Waals surface area contributed by atoms with Gasteiger partial charge in [-0.15, -0.1) is 0 Å². The number of hydrogen-bond acceptors (Lipinski definition) is 7. The smallest absolute Gasteiger partial charge is 0.416 e. The van der Waals surface area contributed by atoms with Crippen molar-refractivity contribution >= 4 is 23.6 Å². The van der Waals surface area contributed by atoms with Gasteiger partial charge >= 0.3 is 30.6 Å². The Morgan fingerprint density at radius 1 is 0.887 bits per heavy atom. The molecule has 290 valence electrons. The Labute approximate surface area is 298 Å². The molecule has 9 nitrogen and oxygen atoms in total. The molecule has 1 aliphatic heterocycles. The molecule has 0 saturated carbocycles. The number of rotatable bonds is 12. The highest BCUT2D eigenvalue weighted by molar-refractivity contribution is 5.91. The molecule has 2 heterocycles. The van der Waals surface area contributed by atoms with Gasteiger partial charge in [0.15, 0.2) is 0 Å². The number of alkyl halides is 9. The second kappa shape index (κ2) is 15.7. The van der Waals surface area contributed by atoms with Gasteiger partial charge in [-0.3, -0.25) is 9.69 Å². The standard InChI is InChI=1S/C35H36F9N3O6/c1-5-24-16-28(26-15-21(33(36,37)38)6-8-27(26)47(24)31(50)53-19-32(2,3)30(48)49)46(29-9-7-25(17-45-29)52-11-10-51-4)18-20-12-22(34(39,40)41)14-23(13-20)35(42,43)44/h6-9,12-15,17,24,28H,5,10-11,16,18-19H2,1-4H3,(H,48,49)/t24-,28+/m1/s1. The van der Waals surface area contributed by atoms with E-state index >= 15 is 0 Å². The molecule has 1 N–H and O–H groups in total. The zero-order valence-electron chi connectivity index (χ0n) is 28.8. The van der Waals surface area contributed by atoms with Crippen molar-refractivity contribution in [3.05, 3.63) is 82.5 Å². The molecule has 53 heavy (non-hydrogen) atoms. The van der Waals surface area contributed by atoms with Crippen molar-refractivity contribution in [2.45, 2.75) is 70.8 Å². The Morgan fingerprint density at radius 3 is 2.02 bits per heavy atom. The number of fused-ring (bicyclic) bond motifs is 1. The van der Waals surface area contributed by atoms with Crippen molar-refractivity contribution in [3.8, 4) is 5.75 Å². The molecule has 2 aromatic carbocycles. The minimum Gasteiger partial charge on any atom is -0.490 e. The largest absolute Gasteiger partial charge is 0.490 e. The highest BCUT2D eigenvalue weighted by Gasteiger charge is 2.43. The Bertz CT molecular complexity index is 1730. The molecule has 0 spiro atoms. The number of carboxylic acids is 1. The molecular formula is C35H36F9N3O6. The van der Waals surface area contributed by atoms with Crippen LogP contribution >= 0.6 is 0 Å². The van der Waals surface area contributed by atoms with Crippen LogP contribution in [0.4, 0.5) is 55.8 Å². The number of methoxy groups -OCH3 is 1. The number of anilines is 2. The van der Waals surface area contributed by atoms with Crippen LogP contribution < -0.4 is 14.5 Å². The summed E-state index contributed by atoms with van der Waals surface area (Å²) in [4.78, 5) is 31.9. The van der Waals surface area contributed by atoms with Gasteiger partial charge in [-0.05, 0) is 86.3 Å². The fourth-order valence-corrected chi connectivity index (χ4v) is 5.70. The molecule has 1 aromatic heterocycles. The number of halogens is 9. The first-order valence-corrected chi connectivity index (χ1v) is 16.1. The van der Waals surface area contributed by atoms with E-state index in [9.17, 15) is 54.2 Å². The average Bonchev–Trinajstić information content (AvgIpc) is 3.07. The van der Waals surface area contributed by atoms with E-state index in [-0.39, 0.29) is 54.9 Å². The van der Waals surface area contributed by atoms with Gasteiger partial charge in [-0.25, -0.2) is 9.78 Å². The van der Waals surface area contributed by atoms with Crippen molar-refractivity contribution in [1.82, 2.24) is 4.98 Å². The number of ether oxygens (including phenoxy) is 3. The minimum atomic E-state index is -5.18. The maximum absolute atomic E-state index is 14.1. The number of carbonyl (C=O) groups excluding carboxylic acids is 1. The van der Waals surface area contributed by atoms with Crippen LogP contribution in [0.1, 0.15) is 67.5 Å². The van der Waals surface area contributed by atoms with E-state index in [2.05, 4.69) is 4.98 Å². The van der Waals surface area contributed by atoms with Crippen molar-refractivity contribution in [2.75, 3.05) is 36.7 Å². The van der Waals surface area contributed by atoms with Gasteiger partial charge in [0, 0.05) is 19.7 Å². The van der Waals surface area contributed by atoms with Crippen LogP contribution in [0, 0.1) is 5.41 Å². The molecule has 4 rings (SSSR count). The lowest BCUT2D eigenvalue weighted by Gasteiger charge is -2.44. The summed E-state index contributed by atoms with van der Waals surface area (Å²) in [6, 6.07) is 4.18. The van der Waals surface area contributed by atoms with Gasteiger partial charge in [0.05, 0.1) is 46.6 Å². The molecular weight excluding hydrogens is 729 g/mol. The van der Waals surface area contributed by atoms with Crippen LogP contribution in [0.15, 0.2) is 54.7 Å². The van der Waals surface area contributed by atoms with E-state index in [0.29, 0.717) is 18.2 Å². The molecule has 2 atom stereocenters. The van der Waals surface area contributed by atoms with E-state index in [1.165, 1.54) is 44.2 Å². The van der Waals surface area contributed by atoms with Gasteiger partial charge in [0.2, 0.25) is 0 Å². The first kappa shape index (κ1) is 41.0. The van der Waals surface area contributed by atoms with Crippen LogP contribution in [-0.4, -0.2) is 55.1 Å². The van der Waals surface area contributed by atoms with Crippen molar-refractivity contribution in [2.24, 2.45) is 5.41 Å². The lowest BCUT2D eigenvalue weighted by atomic mass is 9.87. The normalized spacial score (nSPS) is 16.6. The van der Waals surface area contributed by atoms with Crippen LogP contribution in [0.5, 0.6) is 5.75 Å². The molecule has 0 saturated heterocycles. The lowest BCUT2D eigenvalue weighted by Crippen LogP contribution is -2.48. The van der Waals surface area contributed by atoms with Crippen molar-refractivity contribution < 1.29 is 68.4 Å². The molecule has 3 aromatic rings. The Morgan fingerprint density at radius 2 is 1.51 bits per heavy atom. The predicted molar refractivity (Wildman–Crippen MR) is 172 cm³/mol. The number of hydrogen-bond donors (Lipinski definition) is 1. The van der Waals surface area contributed by atoms with Crippen LogP contribution in [0.2, 0.25) is 0 Å². The summed E-state index contributed by atoms with van der Waals surface area (Å²) in [5, 5.41) is 9.49. The van der Waals surface area contributed by atoms with Crippen LogP contribution in [0.25, 0.3) is 0 Å². The number of amides is 1. The minimum absolute atomic E-state index is 0.0357. The summed E-state index contributed by atoms with van der Waals surface area (Å²) < 4.78 is 141. The third-order valence-electron chi connectivity index (χ3n) is 8.59. The Kier molecular flexibility index (Phi) is 12.2. The van der Waals surface area contributed by atoms with Crippen molar-refractivity contribution in [3.63, 3.8) is 0 Å². The summed E-state index contributed by atoms with van der Waals surface area (Å²) in [6.07, 6.45) is -15.1. The molecule has 0 bridgehead atoms. The molecule has 1 amide bonds. The lowest BCUT2D eigenvalue weighted by molar-refractivity contribution is -0.149. The predicted octanol–water partition coefficient (Wildman–Crippen LogP) is 9.15. The fraction of sp³-hybridized carbons (Fsp3) is 0.457. The van der Waals surface area contributed by atoms with Crippen molar-refractivity contribution in [1.29, 1.82) is 0 Å².